The molecule has 1 aliphatic heterocycles. The molecule has 1 fully saturated rings. The van der Waals surface area contributed by atoms with Crippen molar-refractivity contribution in [3.63, 3.8) is 0 Å². The molecule has 0 aliphatic carbocycles. The van der Waals surface area contributed by atoms with E-state index >= 15 is 0 Å². The Hall–Kier alpha value is -0.520. The molecule has 1 aliphatic rings. The van der Waals surface area contributed by atoms with Crippen molar-refractivity contribution in [1.82, 2.24) is 0 Å². The molecule has 2 unspecified atom stereocenters. The predicted octanol–water partition coefficient (Wildman–Crippen LogP) is 1.72. The Bertz CT molecular complexity index is 195. The molecule has 0 spiro atoms. The molecule has 1 N–H and O–H groups in total. The first-order valence-electron chi connectivity index (χ1n) is 4.97. The second kappa shape index (κ2) is 4.64. The number of hydrogen-bond donors (Lipinski definition) is 1. The SMILES string of the molecule is C#CCCC1(O)CCOC(CC)C1. The molecule has 74 valence electrons. The highest BCUT2D eigenvalue weighted by atomic mass is 16.5. The zero-order valence-electron chi connectivity index (χ0n) is 8.25. The van der Waals surface area contributed by atoms with E-state index in [2.05, 4.69) is 12.8 Å². The van der Waals surface area contributed by atoms with Gasteiger partial charge in [0.15, 0.2) is 0 Å². The van der Waals surface area contributed by atoms with Gasteiger partial charge in [-0.05, 0) is 19.3 Å². The Balaban J connectivity index is 2.43. The van der Waals surface area contributed by atoms with Gasteiger partial charge in [-0.15, -0.1) is 12.3 Å². The van der Waals surface area contributed by atoms with Crippen molar-refractivity contribution in [2.75, 3.05) is 6.61 Å². The Morgan fingerprint density at radius 3 is 3.08 bits per heavy atom. The highest BCUT2D eigenvalue weighted by molar-refractivity contribution is 4.92. The van der Waals surface area contributed by atoms with Gasteiger partial charge in [-0.3, -0.25) is 0 Å². The summed E-state index contributed by atoms with van der Waals surface area (Å²) in [5.41, 5.74) is -0.564. The molecule has 2 heteroatoms. The van der Waals surface area contributed by atoms with Crippen molar-refractivity contribution in [3.8, 4) is 12.3 Å². The van der Waals surface area contributed by atoms with Crippen LogP contribution in [0.5, 0.6) is 0 Å². The van der Waals surface area contributed by atoms with Crippen LogP contribution in [0.2, 0.25) is 0 Å². The average molecular weight is 182 g/mol. The van der Waals surface area contributed by atoms with E-state index < -0.39 is 5.60 Å². The van der Waals surface area contributed by atoms with Crippen LogP contribution < -0.4 is 0 Å². The van der Waals surface area contributed by atoms with Crippen molar-refractivity contribution in [1.29, 1.82) is 0 Å². The Labute approximate surface area is 80.3 Å². The fraction of sp³-hybridized carbons (Fsp3) is 0.818. The van der Waals surface area contributed by atoms with Crippen LogP contribution >= 0.6 is 0 Å². The van der Waals surface area contributed by atoms with Gasteiger partial charge in [-0.1, -0.05) is 6.92 Å². The predicted molar refractivity (Wildman–Crippen MR) is 52.3 cm³/mol. The molecule has 0 aromatic carbocycles. The normalized spacial score (nSPS) is 34.1. The number of aliphatic hydroxyl groups is 1. The quantitative estimate of drug-likeness (QED) is 0.673. The largest absolute Gasteiger partial charge is 0.390 e. The first-order valence-corrected chi connectivity index (χ1v) is 4.97. The van der Waals surface area contributed by atoms with Crippen LogP contribution in [0.4, 0.5) is 0 Å². The Morgan fingerprint density at radius 1 is 1.69 bits per heavy atom. The van der Waals surface area contributed by atoms with E-state index in [1.54, 1.807) is 0 Å². The van der Waals surface area contributed by atoms with Crippen LogP contribution in [-0.2, 0) is 4.74 Å². The van der Waals surface area contributed by atoms with Crippen molar-refractivity contribution < 1.29 is 9.84 Å². The van der Waals surface area contributed by atoms with E-state index in [1.165, 1.54) is 0 Å². The topological polar surface area (TPSA) is 29.5 Å². The molecular formula is C11H18O2. The molecule has 0 saturated carbocycles. The van der Waals surface area contributed by atoms with Crippen LogP contribution in [0.1, 0.15) is 39.0 Å². The average Bonchev–Trinajstić information content (AvgIpc) is 2.15. The molecule has 1 rings (SSSR count). The minimum atomic E-state index is -0.564. The highest BCUT2D eigenvalue weighted by Crippen LogP contribution is 2.29. The lowest BCUT2D eigenvalue weighted by molar-refractivity contribution is -0.106. The summed E-state index contributed by atoms with van der Waals surface area (Å²) in [4.78, 5) is 0. The van der Waals surface area contributed by atoms with Crippen LogP contribution in [0, 0.1) is 12.3 Å². The van der Waals surface area contributed by atoms with Gasteiger partial charge >= 0.3 is 0 Å². The summed E-state index contributed by atoms with van der Waals surface area (Å²) in [6.45, 7) is 2.75. The first kappa shape index (κ1) is 10.6. The van der Waals surface area contributed by atoms with Gasteiger partial charge in [0.25, 0.3) is 0 Å². The third kappa shape index (κ3) is 3.02. The maximum absolute atomic E-state index is 10.1. The molecule has 0 aromatic rings. The standard InChI is InChI=1S/C11H18O2/c1-3-5-6-11(12)7-8-13-10(4-2)9-11/h1,10,12H,4-9H2,2H3. The fourth-order valence-electron chi connectivity index (χ4n) is 1.79. The molecule has 0 radical (unpaired) electrons. The lowest BCUT2D eigenvalue weighted by Crippen LogP contribution is -2.40. The summed E-state index contributed by atoms with van der Waals surface area (Å²) >= 11 is 0. The summed E-state index contributed by atoms with van der Waals surface area (Å²) in [7, 11) is 0. The van der Waals surface area contributed by atoms with Crippen LogP contribution in [0.3, 0.4) is 0 Å². The fourth-order valence-corrected chi connectivity index (χ4v) is 1.79. The molecule has 0 bridgehead atoms. The van der Waals surface area contributed by atoms with E-state index in [9.17, 15) is 5.11 Å². The lowest BCUT2D eigenvalue weighted by Gasteiger charge is -2.36. The third-order valence-corrected chi connectivity index (χ3v) is 2.72. The van der Waals surface area contributed by atoms with Crippen LogP contribution in [0.15, 0.2) is 0 Å². The number of terminal acetylenes is 1. The minimum Gasteiger partial charge on any atom is -0.390 e. The summed E-state index contributed by atoms with van der Waals surface area (Å²) in [5, 5.41) is 10.1. The molecule has 0 aromatic heterocycles. The van der Waals surface area contributed by atoms with Gasteiger partial charge in [0.05, 0.1) is 11.7 Å². The zero-order chi connectivity index (χ0) is 9.73. The zero-order valence-corrected chi connectivity index (χ0v) is 8.25. The molecule has 2 atom stereocenters. The Morgan fingerprint density at radius 2 is 2.46 bits per heavy atom. The minimum absolute atomic E-state index is 0.219. The summed E-state index contributed by atoms with van der Waals surface area (Å²) < 4.78 is 5.49. The maximum atomic E-state index is 10.1. The van der Waals surface area contributed by atoms with E-state index in [4.69, 9.17) is 11.2 Å². The maximum Gasteiger partial charge on any atom is 0.0703 e. The summed E-state index contributed by atoms with van der Waals surface area (Å²) in [5.74, 6) is 2.57. The Kier molecular flexibility index (Phi) is 3.77. The van der Waals surface area contributed by atoms with Crippen LogP contribution in [-0.4, -0.2) is 23.4 Å². The molecule has 13 heavy (non-hydrogen) atoms. The van der Waals surface area contributed by atoms with Crippen molar-refractivity contribution in [3.05, 3.63) is 0 Å². The van der Waals surface area contributed by atoms with Gasteiger partial charge in [-0.25, -0.2) is 0 Å². The second-order valence-electron chi connectivity index (χ2n) is 3.78. The van der Waals surface area contributed by atoms with Gasteiger partial charge in [0, 0.05) is 19.4 Å². The number of hydrogen-bond acceptors (Lipinski definition) is 2. The van der Waals surface area contributed by atoms with E-state index in [0.717, 1.165) is 19.3 Å². The lowest BCUT2D eigenvalue weighted by atomic mass is 9.85. The third-order valence-electron chi connectivity index (χ3n) is 2.72. The van der Waals surface area contributed by atoms with Gasteiger partial charge in [0.2, 0.25) is 0 Å². The van der Waals surface area contributed by atoms with E-state index in [1.807, 2.05) is 0 Å². The van der Waals surface area contributed by atoms with Crippen LogP contribution in [0.25, 0.3) is 0 Å². The van der Waals surface area contributed by atoms with Crippen molar-refractivity contribution in [2.24, 2.45) is 0 Å². The summed E-state index contributed by atoms with van der Waals surface area (Å²) in [6.07, 6.45) is 9.21. The summed E-state index contributed by atoms with van der Waals surface area (Å²) in [6, 6.07) is 0. The van der Waals surface area contributed by atoms with Crippen molar-refractivity contribution in [2.45, 2.75) is 50.7 Å². The second-order valence-corrected chi connectivity index (χ2v) is 3.78. The van der Waals surface area contributed by atoms with Gasteiger partial charge in [0.1, 0.15) is 0 Å². The molecule has 0 amide bonds. The molecule has 1 saturated heterocycles. The van der Waals surface area contributed by atoms with Gasteiger partial charge < -0.3 is 9.84 Å². The highest BCUT2D eigenvalue weighted by Gasteiger charge is 2.33. The monoisotopic (exact) mass is 182 g/mol. The van der Waals surface area contributed by atoms with E-state index in [-0.39, 0.29) is 6.10 Å². The van der Waals surface area contributed by atoms with Crippen molar-refractivity contribution >= 4 is 0 Å². The van der Waals surface area contributed by atoms with Gasteiger partial charge in [-0.2, -0.15) is 0 Å². The first-order chi connectivity index (χ1) is 6.20. The molecule has 1 heterocycles. The number of ether oxygens (including phenoxy) is 1. The number of rotatable bonds is 3. The smallest absolute Gasteiger partial charge is 0.0703 e. The molecule has 2 nitrogen and oxygen atoms in total. The molecular weight excluding hydrogens is 164 g/mol. The van der Waals surface area contributed by atoms with E-state index in [0.29, 0.717) is 19.4 Å².